The number of rotatable bonds is 5. The van der Waals surface area contributed by atoms with Crippen molar-refractivity contribution in [1.82, 2.24) is 5.32 Å². The van der Waals surface area contributed by atoms with Gasteiger partial charge in [-0.25, -0.2) is 0 Å². The van der Waals surface area contributed by atoms with Crippen LogP contribution >= 0.6 is 0 Å². The molecule has 0 aliphatic rings. The van der Waals surface area contributed by atoms with E-state index in [1.807, 2.05) is 0 Å². The number of amides is 1. The van der Waals surface area contributed by atoms with E-state index in [2.05, 4.69) is 44.9 Å². The van der Waals surface area contributed by atoms with Gasteiger partial charge in [0, 0.05) is 12.0 Å². The van der Waals surface area contributed by atoms with Crippen molar-refractivity contribution in [3.05, 3.63) is 29.8 Å². The second kappa shape index (κ2) is 8.48. The van der Waals surface area contributed by atoms with Gasteiger partial charge in [-0.3, -0.25) is 4.79 Å². The molecule has 3 nitrogen and oxygen atoms in total. The molecule has 1 rings (SSSR count). The minimum Gasteiger partial charge on any atom is -0.497 e. The largest absolute Gasteiger partial charge is 0.497 e. The van der Waals surface area contributed by atoms with Gasteiger partial charge in [-0.2, -0.15) is 0 Å². The lowest BCUT2D eigenvalue weighted by atomic mass is 9.86. The molecular formula is C19H27NO2. The SMILES string of the molecule is CCCCC#CC(NC(=O)c1ccc(OC)cc1)C(C)(C)C. The number of ether oxygens (including phenoxy) is 1. The topological polar surface area (TPSA) is 38.3 Å². The summed E-state index contributed by atoms with van der Waals surface area (Å²) >= 11 is 0. The van der Waals surface area contributed by atoms with Gasteiger partial charge in [0.15, 0.2) is 0 Å². The van der Waals surface area contributed by atoms with Crippen molar-refractivity contribution in [3.63, 3.8) is 0 Å². The highest BCUT2D eigenvalue weighted by Crippen LogP contribution is 2.19. The van der Waals surface area contributed by atoms with Gasteiger partial charge in [0.25, 0.3) is 5.91 Å². The Kier molecular flexibility index (Phi) is 6.98. The summed E-state index contributed by atoms with van der Waals surface area (Å²) in [5.41, 5.74) is 0.506. The molecular weight excluding hydrogens is 274 g/mol. The van der Waals surface area contributed by atoms with Crippen molar-refractivity contribution in [2.45, 2.75) is 53.0 Å². The minimum atomic E-state index is -0.168. The van der Waals surface area contributed by atoms with Crippen molar-refractivity contribution in [1.29, 1.82) is 0 Å². The Balaban J connectivity index is 2.79. The molecule has 0 fully saturated rings. The number of hydrogen-bond donors (Lipinski definition) is 1. The summed E-state index contributed by atoms with van der Waals surface area (Å²) in [7, 11) is 1.61. The molecule has 1 unspecified atom stereocenters. The summed E-state index contributed by atoms with van der Waals surface area (Å²) in [5, 5.41) is 3.03. The standard InChI is InChI=1S/C19H27NO2/c1-6-7-8-9-10-17(19(2,3)4)20-18(21)15-11-13-16(22-5)14-12-15/h11-14,17H,6-8H2,1-5H3,(H,20,21). The van der Waals surface area contributed by atoms with Crippen LogP contribution in [0.5, 0.6) is 5.75 Å². The van der Waals surface area contributed by atoms with E-state index in [9.17, 15) is 4.79 Å². The maximum atomic E-state index is 12.4. The van der Waals surface area contributed by atoms with Crippen LogP contribution in [0.1, 0.15) is 57.3 Å². The summed E-state index contributed by atoms with van der Waals surface area (Å²) in [5.74, 6) is 7.03. The second-order valence-electron chi connectivity index (χ2n) is 6.43. The van der Waals surface area contributed by atoms with Gasteiger partial charge in [-0.15, -0.1) is 5.92 Å². The molecule has 1 N–H and O–H groups in total. The van der Waals surface area contributed by atoms with Gasteiger partial charge in [0.1, 0.15) is 5.75 Å². The molecule has 0 aromatic heterocycles. The molecule has 1 aromatic rings. The molecule has 22 heavy (non-hydrogen) atoms. The van der Waals surface area contributed by atoms with Gasteiger partial charge in [-0.1, -0.05) is 40.0 Å². The Morgan fingerprint density at radius 3 is 2.41 bits per heavy atom. The maximum absolute atomic E-state index is 12.4. The predicted octanol–water partition coefficient (Wildman–Crippen LogP) is 4.03. The first-order chi connectivity index (χ1) is 10.4. The highest BCUT2D eigenvalue weighted by Gasteiger charge is 2.24. The van der Waals surface area contributed by atoms with E-state index < -0.39 is 0 Å². The molecule has 0 aliphatic heterocycles. The van der Waals surface area contributed by atoms with Crippen LogP contribution in [0.4, 0.5) is 0 Å². The number of carbonyl (C=O) groups excluding carboxylic acids is 1. The Morgan fingerprint density at radius 1 is 1.27 bits per heavy atom. The van der Waals surface area contributed by atoms with E-state index in [4.69, 9.17) is 4.74 Å². The zero-order valence-electron chi connectivity index (χ0n) is 14.3. The molecule has 0 heterocycles. The van der Waals surface area contributed by atoms with Crippen molar-refractivity contribution >= 4 is 5.91 Å². The molecule has 1 aromatic carbocycles. The van der Waals surface area contributed by atoms with Crippen LogP contribution in [0, 0.1) is 17.3 Å². The summed E-state index contributed by atoms with van der Waals surface area (Å²) in [4.78, 5) is 12.4. The van der Waals surface area contributed by atoms with E-state index in [0.717, 1.165) is 25.0 Å². The van der Waals surface area contributed by atoms with E-state index in [1.165, 1.54) is 0 Å². The third kappa shape index (κ3) is 5.81. The van der Waals surface area contributed by atoms with Crippen molar-refractivity contribution in [2.75, 3.05) is 7.11 Å². The van der Waals surface area contributed by atoms with Crippen LogP contribution in [-0.2, 0) is 0 Å². The van der Waals surface area contributed by atoms with Crippen molar-refractivity contribution in [2.24, 2.45) is 5.41 Å². The number of methoxy groups -OCH3 is 1. The van der Waals surface area contributed by atoms with E-state index in [-0.39, 0.29) is 17.4 Å². The Hall–Kier alpha value is -1.95. The van der Waals surface area contributed by atoms with Gasteiger partial charge >= 0.3 is 0 Å². The smallest absolute Gasteiger partial charge is 0.252 e. The third-order valence-electron chi connectivity index (χ3n) is 3.40. The van der Waals surface area contributed by atoms with Crippen molar-refractivity contribution < 1.29 is 9.53 Å². The van der Waals surface area contributed by atoms with Crippen LogP contribution in [0.25, 0.3) is 0 Å². The number of unbranched alkanes of at least 4 members (excludes halogenated alkanes) is 2. The Bertz CT molecular complexity index is 529. The average Bonchev–Trinajstić information content (AvgIpc) is 2.49. The number of nitrogens with one attached hydrogen (secondary N) is 1. The van der Waals surface area contributed by atoms with E-state index >= 15 is 0 Å². The third-order valence-corrected chi connectivity index (χ3v) is 3.40. The molecule has 3 heteroatoms. The summed E-state index contributed by atoms with van der Waals surface area (Å²) in [6.45, 7) is 8.40. The highest BCUT2D eigenvalue weighted by atomic mass is 16.5. The van der Waals surface area contributed by atoms with Crippen LogP contribution in [-0.4, -0.2) is 19.1 Å². The normalized spacial score (nSPS) is 12.0. The second-order valence-corrected chi connectivity index (χ2v) is 6.43. The molecule has 120 valence electrons. The summed E-state index contributed by atoms with van der Waals surface area (Å²) < 4.78 is 5.11. The summed E-state index contributed by atoms with van der Waals surface area (Å²) in [6, 6.07) is 6.93. The monoisotopic (exact) mass is 301 g/mol. The number of benzene rings is 1. The van der Waals surface area contributed by atoms with Gasteiger partial charge < -0.3 is 10.1 Å². The molecule has 0 saturated heterocycles. The van der Waals surface area contributed by atoms with Crippen LogP contribution < -0.4 is 10.1 Å². The van der Waals surface area contributed by atoms with Crippen LogP contribution in [0.2, 0.25) is 0 Å². The molecule has 0 spiro atoms. The lowest BCUT2D eigenvalue weighted by molar-refractivity contribution is 0.0922. The number of carbonyl (C=O) groups is 1. The fourth-order valence-corrected chi connectivity index (χ4v) is 1.87. The van der Waals surface area contributed by atoms with Gasteiger partial charge in [0.2, 0.25) is 0 Å². The first-order valence-electron chi connectivity index (χ1n) is 7.81. The fourth-order valence-electron chi connectivity index (χ4n) is 1.87. The van der Waals surface area contributed by atoms with Gasteiger partial charge in [0.05, 0.1) is 13.2 Å². The van der Waals surface area contributed by atoms with Crippen LogP contribution in [0.3, 0.4) is 0 Å². The highest BCUT2D eigenvalue weighted by molar-refractivity contribution is 5.94. The maximum Gasteiger partial charge on any atom is 0.252 e. The molecule has 0 aliphatic carbocycles. The summed E-state index contributed by atoms with van der Waals surface area (Å²) in [6.07, 6.45) is 3.10. The lowest BCUT2D eigenvalue weighted by Gasteiger charge is -2.27. The first kappa shape index (κ1) is 18.1. The fraction of sp³-hybridized carbons (Fsp3) is 0.526. The first-order valence-corrected chi connectivity index (χ1v) is 7.81. The number of hydrogen-bond acceptors (Lipinski definition) is 2. The molecule has 1 atom stereocenters. The lowest BCUT2D eigenvalue weighted by Crippen LogP contribution is -2.42. The van der Waals surface area contributed by atoms with E-state index in [0.29, 0.717) is 5.56 Å². The zero-order valence-corrected chi connectivity index (χ0v) is 14.3. The Morgan fingerprint density at radius 2 is 1.91 bits per heavy atom. The quantitative estimate of drug-likeness (QED) is 0.658. The molecule has 0 saturated carbocycles. The zero-order chi connectivity index (χ0) is 16.6. The average molecular weight is 301 g/mol. The minimum absolute atomic E-state index is 0.104. The molecule has 1 amide bonds. The van der Waals surface area contributed by atoms with Crippen LogP contribution in [0.15, 0.2) is 24.3 Å². The van der Waals surface area contributed by atoms with Crippen molar-refractivity contribution in [3.8, 4) is 17.6 Å². The predicted molar refractivity (Wildman–Crippen MR) is 91.0 cm³/mol. The Labute approximate surface area is 134 Å². The molecule has 0 bridgehead atoms. The van der Waals surface area contributed by atoms with E-state index in [1.54, 1.807) is 31.4 Å². The molecule has 0 radical (unpaired) electrons. The van der Waals surface area contributed by atoms with Gasteiger partial charge in [-0.05, 0) is 36.1 Å².